The molecular weight excluding hydrogens is 340 g/mol. The van der Waals surface area contributed by atoms with Gasteiger partial charge in [-0.1, -0.05) is 6.07 Å². The van der Waals surface area contributed by atoms with Gasteiger partial charge in [0, 0.05) is 17.3 Å². The maximum absolute atomic E-state index is 12.6. The Kier molecular flexibility index (Phi) is 6.01. The highest BCUT2D eigenvalue weighted by atomic mass is 16.5. The summed E-state index contributed by atoms with van der Waals surface area (Å²) in [5.41, 5.74) is 4.22. The number of nitrogens with zero attached hydrogens (tertiary/aromatic N) is 1. The maximum Gasteiger partial charge on any atom is 0.238 e. The van der Waals surface area contributed by atoms with Crippen molar-refractivity contribution in [2.75, 3.05) is 32.6 Å². The lowest BCUT2D eigenvalue weighted by molar-refractivity contribution is -0.117. The number of likely N-dealkylation sites (tertiary alicyclic amines) is 1. The van der Waals surface area contributed by atoms with E-state index in [1.165, 1.54) is 0 Å². The fourth-order valence-corrected chi connectivity index (χ4v) is 3.90. The third-order valence-electron chi connectivity index (χ3n) is 5.01. The predicted molar refractivity (Wildman–Crippen MR) is 108 cm³/mol. The predicted octanol–water partition coefficient (Wildman–Crippen LogP) is 4.10. The molecule has 1 unspecified atom stereocenters. The van der Waals surface area contributed by atoms with Gasteiger partial charge in [-0.15, -0.1) is 0 Å². The zero-order valence-corrected chi connectivity index (χ0v) is 16.5. The van der Waals surface area contributed by atoms with E-state index in [0.717, 1.165) is 53.3 Å². The Hall–Kier alpha value is -2.53. The summed E-state index contributed by atoms with van der Waals surface area (Å²) in [6.07, 6.45) is 2.06. The molecule has 0 aromatic heterocycles. The second-order valence-electron chi connectivity index (χ2n) is 7.16. The minimum atomic E-state index is 0.00811. The number of aryl methyl sites for hydroxylation is 2. The first kappa shape index (κ1) is 19.2. The quantitative estimate of drug-likeness (QED) is 0.834. The van der Waals surface area contributed by atoms with Crippen LogP contribution in [0.2, 0.25) is 0 Å². The molecule has 1 aliphatic heterocycles. The summed E-state index contributed by atoms with van der Waals surface area (Å²) in [4.78, 5) is 14.9. The molecule has 0 aliphatic carbocycles. The van der Waals surface area contributed by atoms with Crippen LogP contribution < -0.4 is 14.8 Å². The second-order valence-corrected chi connectivity index (χ2v) is 7.16. The van der Waals surface area contributed by atoms with E-state index in [2.05, 4.69) is 16.3 Å². The Morgan fingerprint density at radius 3 is 2.52 bits per heavy atom. The van der Waals surface area contributed by atoms with Crippen LogP contribution >= 0.6 is 0 Å². The number of nitrogens with one attached hydrogen (secondary N) is 1. The van der Waals surface area contributed by atoms with Gasteiger partial charge in [-0.05, 0) is 74.7 Å². The van der Waals surface area contributed by atoms with Gasteiger partial charge in [0.25, 0.3) is 0 Å². The van der Waals surface area contributed by atoms with Crippen molar-refractivity contribution in [3.05, 3.63) is 53.1 Å². The van der Waals surface area contributed by atoms with Crippen molar-refractivity contribution < 1.29 is 14.3 Å². The molecule has 1 aliphatic rings. The van der Waals surface area contributed by atoms with Gasteiger partial charge in [0.2, 0.25) is 5.91 Å². The summed E-state index contributed by atoms with van der Waals surface area (Å²) in [7, 11) is 3.34. The maximum atomic E-state index is 12.6. The molecule has 1 saturated heterocycles. The van der Waals surface area contributed by atoms with Gasteiger partial charge in [-0.25, -0.2) is 0 Å². The van der Waals surface area contributed by atoms with Gasteiger partial charge in [0.1, 0.15) is 11.5 Å². The molecule has 3 rings (SSSR count). The number of amides is 1. The number of rotatable bonds is 6. The van der Waals surface area contributed by atoms with Crippen molar-refractivity contribution in [2.24, 2.45) is 0 Å². The molecule has 144 valence electrons. The van der Waals surface area contributed by atoms with Crippen LogP contribution in [0.4, 0.5) is 5.69 Å². The third-order valence-corrected chi connectivity index (χ3v) is 5.01. The number of benzene rings is 2. The normalized spacial score (nSPS) is 17.0. The molecule has 0 spiro atoms. The van der Waals surface area contributed by atoms with E-state index in [9.17, 15) is 4.79 Å². The van der Waals surface area contributed by atoms with Crippen LogP contribution in [0.25, 0.3) is 0 Å². The Labute approximate surface area is 161 Å². The second kappa shape index (κ2) is 8.44. The number of hydrogen-bond donors (Lipinski definition) is 1. The summed E-state index contributed by atoms with van der Waals surface area (Å²) in [5.74, 6) is 1.65. The molecule has 1 amide bonds. The third kappa shape index (κ3) is 4.61. The highest BCUT2D eigenvalue weighted by molar-refractivity contribution is 5.92. The van der Waals surface area contributed by atoms with Crippen LogP contribution in [0.1, 0.15) is 35.6 Å². The van der Waals surface area contributed by atoms with Crippen LogP contribution in [-0.4, -0.2) is 38.1 Å². The molecule has 0 bridgehead atoms. The van der Waals surface area contributed by atoms with Crippen LogP contribution in [-0.2, 0) is 4.79 Å². The Bertz CT molecular complexity index is 799. The number of carbonyl (C=O) groups excluding carboxylic acids is 1. The van der Waals surface area contributed by atoms with Crippen LogP contribution in [0.15, 0.2) is 36.4 Å². The van der Waals surface area contributed by atoms with E-state index < -0.39 is 0 Å². The van der Waals surface area contributed by atoms with Crippen LogP contribution in [0.5, 0.6) is 11.5 Å². The largest absolute Gasteiger partial charge is 0.497 e. The zero-order chi connectivity index (χ0) is 19.4. The lowest BCUT2D eigenvalue weighted by Crippen LogP contribution is -2.33. The topological polar surface area (TPSA) is 50.8 Å². The Morgan fingerprint density at radius 2 is 1.85 bits per heavy atom. The Morgan fingerprint density at radius 1 is 1.11 bits per heavy atom. The summed E-state index contributed by atoms with van der Waals surface area (Å²) >= 11 is 0. The van der Waals surface area contributed by atoms with E-state index >= 15 is 0 Å². The van der Waals surface area contributed by atoms with E-state index in [4.69, 9.17) is 9.47 Å². The number of anilines is 1. The fraction of sp³-hybridized carbons (Fsp3) is 0.409. The van der Waals surface area contributed by atoms with Crippen molar-refractivity contribution in [1.29, 1.82) is 0 Å². The molecule has 1 heterocycles. The highest BCUT2D eigenvalue weighted by Crippen LogP contribution is 2.38. The van der Waals surface area contributed by atoms with Gasteiger partial charge in [-0.2, -0.15) is 0 Å². The monoisotopic (exact) mass is 368 g/mol. The smallest absolute Gasteiger partial charge is 0.238 e. The summed E-state index contributed by atoms with van der Waals surface area (Å²) in [5, 5.41) is 3.04. The minimum absolute atomic E-state index is 0.00811. The molecule has 5 nitrogen and oxygen atoms in total. The summed E-state index contributed by atoms with van der Waals surface area (Å²) < 4.78 is 10.9. The van der Waals surface area contributed by atoms with Crippen molar-refractivity contribution >= 4 is 11.6 Å². The number of ether oxygens (including phenoxy) is 2. The average molecular weight is 368 g/mol. The molecule has 0 saturated carbocycles. The highest BCUT2D eigenvalue weighted by Gasteiger charge is 2.30. The van der Waals surface area contributed by atoms with E-state index in [1.807, 2.05) is 44.2 Å². The molecule has 1 atom stereocenters. The van der Waals surface area contributed by atoms with Gasteiger partial charge >= 0.3 is 0 Å². The van der Waals surface area contributed by atoms with Gasteiger partial charge in [-0.3, -0.25) is 9.69 Å². The van der Waals surface area contributed by atoms with Crippen LogP contribution in [0, 0.1) is 13.8 Å². The number of hydrogen-bond acceptors (Lipinski definition) is 4. The van der Waals surface area contributed by atoms with Crippen molar-refractivity contribution in [3.63, 3.8) is 0 Å². The first-order chi connectivity index (χ1) is 13.0. The molecule has 1 fully saturated rings. The van der Waals surface area contributed by atoms with Crippen molar-refractivity contribution in [3.8, 4) is 11.5 Å². The lowest BCUT2D eigenvalue weighted by atomic mass is 10.0. The minimum Gasteiger partial charge on any atom is -0.497 e. The van der Waals surface area contributed by atoms with E-state index in [1.54, 1.807) is 14.2 Å². The lowest BCUT2D eigenvalue weighted by Gasteiger charge is -2.26. The molecule has 0 radical (unpaired) electrons. The standard InChI is InChI=1S/C22H28N2O3/c1-15-10-16(2)12-17(11-15)23-22(25)14-24-9-5-6-20(24)19-13-18(26-3)7-8-21(19)27-4/h7-8,10-13,20H,5-6,9,14H2,1-4H3,(H,23,25). The number of methoxy groups -OCH3 is 2. The SMILES string of the molecule is COc1ccc(OC)c(C2CCCN2CC(=O)Nc2cc(C)cc(C)c2)c1. The summed E-state index contributed by atoms with van der Waals surface area (Å²) in [6, 6.07) is 12.1. The average Bonchev–Trinajstić information content (AvgIpc) is 3.07. The van der Waals surface area contributed by atoms with E-state index in [0.29, 0.717) is 6.54 Å². The fourth-order valence-electron chi connectivity index (χ4n) is 3.90. The number of carbonyl (C=O) groups is 1. The van der Waals surface area contributed by atoms with Gasteiger partial charge in [0.15, 0.2) is 0 Å². The Balaban J connectivity index is 1.74. The molecular formula is C22H28N2O3. The van der Waals surface area contributed by atoms with Gasteiger partial charge < -0.3 is 14.8 Å². The van der Waals surface area contributed by atoms with Crippen molar-refractivity contribution in [2.45, 2.75) is 32.7 Å². The molecule has 27 heavy (non-hydrogen) atoms. The zero-order valence-electron chi connectivity index (χ0n) is 16.5. The van der Waals surface area contributed by atoms with Gasteiger partial charge in [0.05, 0.1) is 20.8 Å². The molecule has 5 heteroatoms. The molecule has 2 aromatic rings. The first-order valence-electron chi connectivity index (χ1n) is 9.34. The molecule has 2 aromatic carbocycles. The summed E-state index contributed by atoms with van der Waals surface area (Å²) in [6.45, 7) is 5.33. The van der Waals surface area contributed by atoms with Crippen LogP contribution in [0.3, 0.4) is 0 Å². The van der Waals surface area contributed by atoms with E-state index in [-0.39, 0.29) is 11.9 Å². The molecule has 1 N–H and O–H groups in total. The first-order valence-corrected chi connectivity index (χ1v) is 9.34. The van der Waals surface area contributed by atoms with Crippen molar-refractivity contribution in [1.82, 2.24) is 4.90 Å².